The number of oxazole rings is 1. The second-order valence-electron chi connectivity index (χ2n) is 4.67. The van der Waals surface area contributed by atoms with Crippen molar-refractivity contribution in [2.24, 2.45) is 7.05 Å². The van der Waals surface area contributed by atoms with Crippen molar-refractivity contribution in [3.63, 3.8) is 0 Å². The summed E-state index contributed by atoms with van der Waals surface area (Å²) in [5, 5.41) is 3.28. The van der Waals surface area contributed by atoms with Crippen molar-refractivity contribution in [2.75, 3.05) is 11.1 Å². The number of nitrogen functional groups attached to an aromatic ring is 1. The Morgan fingerprint density at radius 3 is 2.75 bits per heavy atom. The fraction of sp³-hybridized carbons (Fsp3) is 0.133. The number of aryl methyl sites for hydroxylation is 1. The Kier molecular flexibility index (Phi) is 2.95. The molecule has 5 heteroatoms. The molecule has 1 heterocycles. The number of rotatable bonds is 3. The van der Waals surface area contributed by atoms with Gasteiger partial charge in [-0.3, -0.25) is 4.57 Å². The zero-order valence-corrected chi connectivity index (χ0v) is 11.1. The van der Waals surface area contributed by atoms with Crippen molar-refractivity contribution in [3.05, 3.63) is 58.6 Å². The van der Waals surface area contributed by atoms with Crippen LogP contribution in [-0.4, -0.2) is 4.57 Å². The lowest BCUT2D eigenvalue weighted by atomic mass is 10.2. The summed E-state index contributed by atoms with van der Waals surface area (Å²) in [6, 6.07) is 13.5. The molecule has 1 aromatic heterocycles. The SMILES string of the molecule is Cn1c(=O)oc2cc(N)c(NCc3ccccc3)cc21. The highest BCUT2D eigenvalue weighted by Gasteiger charge is 2.09. The molecule has 0 aliphatic heterocycles. The van der Waals surface area contributed by atoms with Crippen LogP contribution in [0.2, 0.25) is 0 Å². The molecule has 0 spiro atoms. The number of aromatic nitrogens is 1. The number of nitrogens with zero attached hydrogens (tertiary/aromatic N) is 1. The second-order valence-corrected chi connectivity index (χ2v) is 4.67. The first-order valence-electron chi connectivity index (χ1n) is 6.32. The second kappa shape index (κ2) is 4.77. The third-order valence-corrected chi connectivity index (χ3v) is 3.29. The Morgan fingerprint density at radius 2 is 2.00 bits per heavy atom. The lowest BCUT2D eigenvalue weighted by molar-refractivity contribution is 0.528. The van der Waals surface area contributed by atoms with E-state index in [4.69, 9.17) is 10.2 Å². The first-order chi connectivity index (χ1) is 9.65. The van der Waals surface area contributed by atoms with Gasteiger partial charge in [0, 0.05) is 19.7 Å². The van der Waals surface area contributed by atoms with Crippen LogP contribution >= 0.6 is 0 Å². The van der Waals surface area contributed by atoms with Crippen LogP contribution in [0.15, 0.2) is 51.7 Å². The van der Waals surface area contributed by atoms with Gasteiger partial charge in [0.25, 0.3) is 0 Å². The van der Waals surface area contributed by atoms with E-state index in [-0.39, 0.29) is 5.76 Å². The molecule has 3 N–H and O–H groups in total. The number of fused-ring (bicyclic) bond motifs is 1. The first kappa shape index (κ1) is 12.3. The van der Waals surface area contributed by atoms with Gasteiger partial charge >= 0.3 is 5.76 Å². The third kappa shape index (κ3) is 2.14. The fourth-order valence-corrected chi connectivity index (χ4v) is 2.14. The number of anilines is 2. The molecule has 5 nitrogen and oxygen atoms in total. The number of hydrogen-bond acceptors (Lipinski definition) is 4. The summed E-state index contributed by atoms with van der Waals surface area (Å²) >= 11 is 0. The van der Waals surface area contributed by atoms with Gasteiger partial charge in [0.05, 0.1) is 16.9 Å². The van der Waals surface area contributed by atoms with Crippen LogP contribution in [0.1, 0.15) is 5.56 Å². The molecule has 20 heavy (non-hydrogen) atoms. The molecule has 102 valence electrons. The van der Waals surface area contributed by atoms with E-state index in [1.807, 2.05) is 36.4 Å². The fourth-order valence-electron chi connectivity index (χ4n) is 2.14. The minimum atomic E-state index is -0.389. The zero-order valence-electron chi connectivity index (χ0n) is 11.1. The monoisotopic (exact) mass is 269 g/mol. The number of nitrogens with one attached hydrogen (secondary N) is 1. The smallest absolute Gasteiger partial charge is 0.408 e. The molecule has 0 radical (unpaired) electrons. The van der Waals surface area contributed by atoms with Gasteiger partial charge in [0.15, 0.2) is 5.58 Å². The quantitative estimate of drug-likeness (QED) is 0.716. The van der Waals surface area contributed by atoms with E-state index in [1.54, 1.807) is 13.1 Å². The Labute approximate surface area is 115 Å². The van der Waals surface area contributed by atoms with Crippen molar-refractivity contribution in [2.45, 2.75) is 6.54 Å². The van der Waals surface area contributed by atoms with Gasteiger partial charge in [0.1, 0.15) is 0 Å². The summed E-state index contributed by atoms with van der Waals surface area (Å²) in [6.07, 6.45) is 0. The van der Waals surface area contributed by atoms with E-state index in [1.165, 1.54) is 4.57 Å². The van der Waals surface area contributed by atoms with Crippen molar-refractivity contribution >= 4 is 22.5 Å². The van der Waals surface area contributed by atoms with Crippen LogP contribution in [0.4, 0.5) is 11.4 Å². The van der Waals surface area contributed by atoms with E-state index < -0.39 is 0 Å². The summed E-state index contributed by atoms with van der Waals surface area (Å²) in [6.45, 7) is 0.669. The molecule has 0 saturated heterocycles. The minimum absolute atomic E-state index is 0.389. The molecule has 0 aliphatic carbocycles. The maximum Gasteiger partial charge on any atom is 0.419 e. The molecule has 3 aromatic rings. The Morgan fingerprint density at radius 1 is 1.25 bits per heavy atom. The number of nitrogens with two attached hydrogens (primary N) is 1. The highest BCUT2D eigenvalue weighted by atomic mass is 16.4. The van der Waals surface area contributed by atoms with E-state index in [2.05, 4.69) is 5.32 Å². The lowest BCUT2D eigenvalue weighted by Gasteiger charge is -2.09. The molecule has 0 saturated carbocycles. The van der Waals surface area contributed by atoms with Gasteiger partial charge in [-0.15, -0.1) is 0 Å². The molecule has 2 aromatic carbocycles. The normalized spacial score (nSPS) is 10.8. The van der Waals surface area contributed by atoms with Gasteiger partial charge in [-0.1, -0.05) is 30.3 Å². The van der Waals surface area contributed by atoms with Gasteiger partial charge in [0.2, 0.25) is 0 Å². The lowest BCUT2D eigenvalue weighted by Crippen LogP contribution is -2.08. The summed E-state index contributed by atoms with van der Waals surface area (Å²) in [5.74, 6) is -0.389. The van der Waals surface area contributed by atoms with Crippen molar-refractivity contribution in [3.8, 4) is 0 Å². The molecule has 3 rings (SSSR count). The summed E-state index contributed by atoms with van der Waals surface area (Å²) < 4.78 is 6.56. The van der Waals surface area contributed by atoms with Crippen molar-refractivity contribution in [1.82, 2.24) is 4.57 Å². The molecular formula is C15H15N3O2. The van der Waals surface area contributed by atoms with Crippen LogP contribution in [0.5, 0.6) is 0 Å². The summed E-state index contributed by atoms with van der Waals surface area (Å²) in [7, 11) is 1.67. The van der Waals surface area contributed by atoms with Gasteiger partial charge in [-0.05, 0) is 11.6 Å². The Bertz CT molecular complexity index is 803. The maximum atomic E-state index is 11.5. The minimum Gasteiger partial charge on any atom is -0.408 e. The van der Waals surface area contributed by atoms with Gasteiger partial charge in [-0.25, -0.2) is 4.79 Å². The average molecular weight is 269 g/mol. The predicted octanol–water partition coefficient (Wildman–Crippen LogP) is 2.33. The molecule has 0 bridgehead atoms. The third-order valence-electron chi connectivity index (χ3n) is 3.29. The van der Waals surface area contributed by atoms with E-state index in [0.717, 1.165) is 16.8 Å². The summed E-state index contributed by atoms with van der Waals surface area (Å²) in [4.78, 5) is 11.5. The molecular weight excluding hydrogens is 254 g/mol. The molecule has 0 unspecified atom stereocenters. The van der Waals surface area contributed by atoms with Crippen LogP contribution in [0.3, 0.4) is 0 Å². The standard InChI is InChI=1S/C15H15N3O2/c1-18-13-8-12(11(16)7-14(13)20-15(18)19)17-9-10-5-3-2-4-6-10/h2-8,17H,9,16H2,1H3. The van der Waals surface area contributed by atoms with Crippen LogP contribution < -0.4 is 16.8 Å². The van der Waals surface area contributed by atoms with Crippen molar-refractivity contribution in [1.29, 1.82) is 0 Å². The van der Waals surface area contributed by atoms with Gasteiger partial charge < -0.3 is 15.5 Å². The molecule has 0 amide bonds. The largest absolute Gasteiger partial charge is 0.419 e. The highest BCUT2D eigenvalue weighted by Crippen LogP contribution is 2.25. The van der Waals surface area contributed by atoms with Gasteiger partial charge in [-0.2, -0.15) is 0 Å². The molecule has 0 atom stereocenters. The van der Waals surface area contributed by atoms with Crippen LogP contribution in [0.25, 0.3) is 11.1 Å². The van der Waals surface area contributed by atoms with E-state index in [9.17, 15) is 4.79 Å². The Hall–Kier alpha value is -2.69. The predicted molar refractivity (Wildman–Crippen MR) is 79.6 cm³/mol. The van der Waals surface area contributed by atoms with Crippen molar-refractivity contribution < 1.29 is 4.42 Å². The zero-order chi connectivity index (χ0) is 14.1. The maximum absolute atomic E-state index is 11.5. The van der Waals surface area contributed by atoms with E-state index in [0.29, 0.717) is 17.8 Å². The topological polar surface area (TPSA) is 73.2 Å². The first-order valence-corrected chi connectivity index (χ1v) is 6.32. The van der Waals surface area contributed by atoms with Crippen LogP contribution in [0, 0.1) is 0 Å². The van der Waals surface area contributed by atoms with E-state index >= 15 is 0 Å². The Balaban J connectivity index is 1.93. The number of benzene rings is 2. The average Bonchev–Trinajstić information content (AvgIpc) is 2.72. The molecule has 0 fully saturated rings. The molecule has 0 aliphatic rings. The number of hydrogen-bond donors (Lipinski definition) is 2. The summed E-state index contributed by atoms with van der Waals surface area (Å²) in [5.41, 5.74) is 9.71. The van der Waals surface area contributed by atoms with Crippen LogP contribution in [-0.2, 0) is 13.6 Å². The highest BCUT2D eigenvalue weighted by molar-refractivity contribution is 5.85.